The van der Waals surface area contributed by atoms with E-state index in [2.05, 4.69) is 9.80 Å². The van der Waals surface area contributed by atoms with Crippen LogP contribution in [0.4, 0.5) is 0 Å². The summed E-state index contributed by atoms with van der Waals surface area (Å²) in [5.74, 6) is 0.830. The van der Waals surface area contributed by atoms with E-state index < -0.39 is 0 Å². The monoisotopic (exact) mass is 375 g/mol. The molecule has 0 atom stereocenters. The molecule has 3 saturated heterocycles. The third kappa shape index (κ3) is 3.81. The van der Waals surface area contributed by atoms with Crippen molar-refractivity contribution in [2.75, 3.05) is 39.3 Å². The highest BCUT2D eigenvalue weighted by Gasteiger charge is 2.33. The number of hydrogen-bond acceptors (Lipinski definition) is 4. The van der Waals surface area contributed by atoms with Crippen LogP contribution in [0.5, 0.6) is 0 Å². The summed E-state index contributed by atoms with van der Waals surface area (Å²) in [6, 6.07) is 4.43. The molecule has 26 heavy (non-hydrogen) atoms. The van der Waals surface area contributed by atoms with Crippen molar-refractivity contribution in [2.24, 2.45) is 5.92 Å². The molecule has 2 amide bonds. The SMILES string of the molecule is O=C(c1cccs1)N1CCC(N2CCC(C(=O)N3CCCC3)CC2)CC1. The van der Waals surface area contributed by atoms with Crippen molar-refractivity contribution >= 4 is 23.2 Å². The molecule has 0 radical (unpaired) electrons. The average Bonchev–Trinajstić information content (AvgIpc) is 3.41. The Morgan fingerprint density at radius 2 is 1.58 bits per heavy atom. The standard InChI is InChI=1S/C20H29N3O2S/c24-19(22-9-1-2-10-22)16-5-11-21(12-6-16)17-7-13-23(14-8-17)20(25)18-4-3-15-26-18/h3-4,15-17H,1-2,5-14H2. The van der Waals surface area contributed by atoms with Crippen LogP contribution in [0.1, 0.15) is 48.2 Å². The van der Waals surface area contributed by atoms with Crippen molar-refractivity contribution < 1.29 is 9.59 Å². The summed E-state index contributed by atoms with van der Waals surface area (Å²) < 4.78 is 0. The number of amides is 2. The van der Waals surface area contributed by atoms with E-state index >= 15 is 0 Å². The highest BCUT2D eigenvalue weighted by molar-refractivity contribution is 7.12. The molecule has 1 aromatic heterocycles. The molecule has 142 valence electrons. The van der Waals surface area contributed by atoms with Gasteiger partial charge in [-0.1, -0.05) is 6.07 Å². The first-order valence-electron chi connectivity index (χ1n) is 10.1. The van der Waals surface area contributed by atoms with Crippen molar-refractivity contribution in [2.45, 2.75) is 44.6 Å². The maximum atomic E-state index is 12.6. The van der Waals surface area contributed by atoms with E-state index in [1.54, 1.807) is 0 Å². The van der Waals surface area contributed by atoms with Crippen LogP contribution in [0.2, 0.25) is 0 Å². The van der Waals surface area contributed by atoms with E-state index in [4.69, 9.17) is 0 Å². The van der Waals surface area contributed by atoms with Gasteiger partial charge < -0.3 is 14.7 Å². The summed E-state index contributed by atoms with van der Waals surface area (Å²) in [6.45, 7) is 5.72. The molecule has 0 saturated carbocycles. The van der Waals surface area contributed by atoms with Gasteiger partial charge in [0.15, 0.2) is 0 Å². The Bertz CT molecular complexity index is 611. The first kappa shape index (κ1) is 18.0. The predicted octanol–water partition coefficient (Wildman–Crippen LogP) is 2.69. The minimum Gasteiger partial charge on any atom is -0.342 e. The van der Waals surface area contributed by atoms with Crippen molar-refractivity contribution in [1.82, 2.24) is 14.7 Å². The molecule has 4 heterocycles. The lowest BCUT2D eigenvalue weighted by Gasteiger charge is -2.41. The van der Waals surface area contributed by atoms with Gasteiger partial charge in [0.2, 0.25) is 5.91 Å². The lowest BCUT2D eigenvalue weighted by molar-refractivity contribution is -0.136. The zero-order valence-corrected chi connectivity index (χ0v) is 16.3. The maximum absolute atomic E-state index is 12.6. The van der Waals surface area contributed by atoms with Crippen LogP contribution in [0.25, 0.3) is 0 Å². The van der Waals surface area contributed by atoms with E-state index in [1.165, 1.54) is 24.2 Å². The number of carbonyl (C=O) groups excluding carboxylic acids is 2. The Kier molecular flexibility index (Phi) is 5.60. The van der Waals surface area contributed by atoms with Crippen LogP contribution in [-0.2, 0) is 4.79 Å². The van der Waals surface area contributed by atoms with Gasteiger partial charge in [0.05, 0.1) is 4.88 Å². The molecule has 4 rings (SSSR count). The molecule has 0 spiro atoms. The van der Waals surface area contributed by atoms with Crippen LogP contribution in [-0.4, -0.2) is 71.8 Å². The Labute approximate surface area is 159 Å². The summed E-state index contributed by atoms with van der Waals surface area (Å²) >= 11 is 1.53. The molecule has 0 aliphatic carbocycles. The quantitative estimate of drug-likeness (QED) is 0.816. The number of hydrogen-bond donors (Lipinski definition) is 0. The van der Waals surface area contributed by atoms with Gasteiger partial charge in [0.25, 0.3) is 5.91 Å². The number of rotatable bonds is 3. The van der Waals surface area contributed by atoms with Crippen molar-refractivity contribution in [3.05, 3.63) is 22.4 Å². The molecule has 3 aliphatic heterocycles. The summed E-state index contributed by atoms with van der Waals surface area (Å²) in [6.07, 6.45) is 6.47. The summed E-state index contributed by atoms with van der Waals surface area (Å²) in [4.78, 5) is 32.6. The molecular weight excluding hydrogens is 346 g/mol. The number of piperidine rings is 2. The fraction of sp³-hybridized carbons (Fsp3) is 0.700. The molecule has 6 heteroatoms. The van der Waals surface area contributed by atoms with Crippen molar-refractivity contribution in [1.29, 1.82) is 0 Å². The third-order valence-electron chi connectivity index (χ3n) is 6.30. The smallest absolute Gasteiger partial charge is 0.263 e. The van der Waals surface area contributed by atoms with E-state index in [9.17, 15) is 9.59 Å². The lowest BCUT2D eigenvalue weighted by Crippen LogP contribution is -2.50. The predicted molar refractivity (Wildman–Crippen MR) is 103 cm³/mol. The maximum Gasteiger partial charge on any atom is 0.263 e. The molecule has 1 aromatic rings. The summed E-state index contributed by atoms with van der Waals surface area (Å²) in [5.41, 5.74) is 0. The van der Waals surface area contributed by atoms with Crippen LogP contribution in [0.15, 0.2) is 17.5 Å². The van der Waals surface area contributed by atoms with Crippen LogP contribution < -0.4 is 0 Å². The molecule has 3 aliphatic rings. The highest BCUT2D eigenvalue weighted by atomic mass is 32.1. The number of likely N-dealkylation sites (tertiary alicyclic amines) is 3. The zero-order chi connectivity index (χ0) is 17.9. The summed E-state index contributed by atoms with van der Waals surface area (Å²) in [7, 11) is 0. The van der Waals surface area contributed by atoms with Gasteiger partial charge in [-0.15, -0.1) is 11.3 Å². The normalized spacial score (nSPS) is 23.5. The Morgan fingerprint density at radius 1 is 0.885 bits per heavy atom. The second kappa shape index (κ2) is 8.09. The first-order valence-corrected chi connectivity index (χ1v) is 11.0. The average molecular weight is 376 g/mol. The van der Waals surface area contributed by atoms with Gasteiger partial charge in [-0.05, 0) is 63.1 Å². The fourth-order valence-electron chi connectivity index (χ4n) is 4.70. The first-order chi connectivity index (χ1) is 12.7. The van der Waals surface area contributed by atoms with Gasteiger partial charge in [0, 0.05) is 38.1 Å². The zero-order valence-electron chi connectivity index (χ0n) is 15.4. The molecule has 3 fully saturated rings. The van der Waals surface area contributed by atoms with Gasteiger partial charge in [-0.2, -0.15) is 0 Å². The second-order valence-corrected chi connectivity index (χ2v) is 8.79. The molecule has 0 aromatic carbocycles. The third-order valence-corrected chi connectivity index (χ3v) is 7.15. The van der Waals surface area contributed by atoms with Gasteiger partial charge in [-0.25, -0.2) is 0 Å². The molecule has 5 nitrogen and oxygen atoms in total. The topological polar surface area (TPSA) is 43.9 Å². The number of nitrogens with zero attached hydrogens (tertiary/aromatic N) is 3. The van der Waals surface area contributed by atoms with Crippen LogP contribution in [0.3, 0.4) is 0 Å². The van der Waals surface area contributed by atoms with E-state index in [1.807, 2.05) is 22.4 Å². The van der Waals surface area contributed by atoms with Gasteiger partial charge >= 0.3 is 0 Å². The van der Waals surface area contributed by atoms with Gasteiger partial charge in [-0.3, -0.25) is 9.59 Å². The van der Waals surface area contributed by atoms with E-state index in [0.717, 1.165) is 69.8 Å². The highest BCUT2D eigenvalue weighted by Crippen LogP contribution is 2.27. The van der Waals surface area contributed by atoms with Crippen molar-refractivity contribution in [3.63, 3.8) is 0 Å². The van der Waals surface area contributed by atoms with E-state index in [0.29, 0.717) is 11.9 Å². The van der Waals surface area contributed by atoms with Gasteiger partial charge in [0.1, 0.15) is 0 Å². The minimum absolute atomic E-state index is 0.188. The summed E-state index contributed by atoms with van der Waals surface area (Å²) in [5, 5.41) is 1.97. The molecule has 0 unspecified atom stereocenters. The largest absolute Gasteiger partial charge is 0.342 e. The van der Waals surface area contributed by atoms with E-state index in [-0.39, 0.29) is 11.8 Å². The Hall–Kier alpha value is -1.40. The van der Waals surface area contributed by atoms with Crippen LogP contribution >= 0.6 is 11.3 Å². The number of thiophene rings is 1. The Balaban J connectivity index is 1.23. The fourth-order valence-corrected chi connectivity index (χ4v) is 5.39. The minimum atomic E-state index is 0.188. The lowest BCUT2D eigenvalue weighted by atomic mass is 9.92. The molecule has 0 N–H and O–H groups in total. The second-order valence-electron chi connectivity index (χ2n) is 7.84. The molecule has 0 bridgehead atoms. The Morgan fingerprint density at radius 3 is 2.19 bits per heavy atom. The van der Waals surface area contributed by atoms with Crippen molar-refractivity contribution in [3.8, 4) is 0 Å². The number of carbonyl (C=O) groups is 2. The van der Waals surface area contributed by atoms with Crippen LogP contribution in [0, 0.1) is 5.92 Å². The molecular formula is C20H29N3O2S.